The van der Waals surface area contributed by atoms with Crippen LogP contribution < -0.4 is 27.4 Å². The fourth-order valence-electron chi connectivity index (χ4n) is 3.89. The molecule has 41 heavy (non-hydrogen) atoms. The lowest BCUT2D eigenvalue weighted by Gasteiger charge is -2.25. The summed E-state index contributed by atoms with van der Waals surface area (Å²) in [6.45, 7) is 0.435. The standard InChI is InChI=1S/C26H37N7O8/c27-10-2-1-3-18(28)23(37)32-20(11-15-4-6-17(34)7-5-15)25(39)31-19(8-9-22(35)36)24(38)33-21(26(40)41)12-16-13-29-14-30-16/h4-7,13-14,18-21,34H,1-3,8-12,27-28H2,(H,29,30)(H,31,39)(H,32,37)(H,33,38)(H,35,36)(H,40,41). The zero-order valence-corrected chi connectivity index (χ0v) is 22.4. The molecule has 4 unspecified atom stereocenters. The van der Waals surface area contributed by atoms with Crippen LogP contribution in [0.2, 0.25) is 0 Å². The first-order valence-corrected chi connectivity index (χ1v) is 13.1. The Kier molecular flexibility index (Phi) is 13.2. The predicted molar refractivity (Wildman–Crippen MR) is 145 cm³/mol. The number of nitrogens with zero attached hydrogens (tertiary/aromatic N) is 1. The molecule has 15 nitrogen and oxygen atoms in total. The van der Waals surface area contributed by atoms with Gasteiger partial charge in [0.1, 0.15) is 23.9 Å². The van der Waals surface area contributed by atoms with Gasteiger partial charge in [-0.15, -0.1) is 0 Å². The number of imidazole rings is 1. The normalized spacial score (nSPS) is 13.8. The third kappa shape index (κ3) is 11.6. The second kappa shape index (κ2) is 16.6. The molecule has 1 aromatic heterocycles. The maximum Gasteiger partial charge on any atom is 0.326 e. The van der Waals surface area contributed by atoms with Gasteiger partial charge < -0.3 is 47.7 Å². The van der Waals surface area contributed by atoms with Crippen LogP contribution in [0.1, 0.15) is 43.4 Å². The molecule has 11 N–H and O–H groups in total. The van der Waals surface area contributed by atoms with Crippen LogP contribution >= 0.6 is 0 Å². The van der Waals surface area contributed by atoms with Crippen LogP contribution in [0.25, 0.3) is 0 Å². The summed E-state index contributed by atoms with van der Waals surface area (Å²) in [5, 5.41) is 35.7. The highest BCUT2D eigenvalue weighted by molar-refractivity contribution is 5.94. The predicted octanol–water partition coefficient (Wildman–Crippen LogP) is -1.24. The number of unbranched alkanes of at least 4 members (excludes halogenated alkanes) is 1. The van der Waals surface area contributed by atoms with E-state index in [9.17, 15) is 34.2 Å². The van der Waals surface area contributed by atoms with Gasteiger partial charge in [0, 0.05) is 31.2 Å². The monoisotopic (exact) mass is 575 g/mol. The van der Waals surface area contributed by atoms with Crippen molar-refractivity contribution >= 4 is 29.7 Å². The average Bonchev–Trinajstić information content (AvgIpc) is 3.44. The third-order valence-electron chi connectivity index (χ3n) is 6.19. The lowest BCUT2D eigenvalue weighted by Crippen LogP contribution is -2.57. The van der Waals surface area contributed by atoms with Crippen LogP contribution in [0.5, 0.6) is 5.75 Å². The zero-order chi connectivity index (χ0) is 30.4. The lowest BCUT2D eigenvalue weighted by atomic mass is 10.0. The number of amides is 3. The van der Waals surface area contributed by atoms with Crippen LogP contribution in [0, 0.1) is 0 Å². The van der Waals surface area contributed by atoms with Gasteiger partial charge in [0.05, 0.1) is 12.4 Å². The van der Waals surface area contributed by atoms with E-state index in [1.807, 2.05) is 0 Å². The van der Waals surface area contributed by atoms with Crippen molar-refractivity contribution < 1.29 is 39.3 Å². The molecule has 1 aromatic carbocycles. The molecule has 3 amide bonds. The highest BCUT2D eigenvalue weighted by Crippen LogP contribution is 2.12. The maximum atomic E-state index is 13.4. The number of hydrogen-bond acceptors (Lipinski definition) is 9. The van der Waals surface area contributed by atoms with E-state index < -0.39 is 60.2 Å². The Balaban J connectivity index is 2.22. The van der Waals surface area contributed by atoms with E-state index in [1.54, 1.807) is 12.1 Å². The molecule has 0 aliphatic heterocycles. The summed E-state index contributed by atoms with van der Waals surface area (Å²) in [7, 11) is 0. The van der Waals surface area contributed by atoms with E-state index in [2.05, 4.69) is 25.9 Å². The van der Waals surface area contributed by atoms with Crippen molar-refractivity contribution in [2.45, 2.75) is 69.1 Å². The van der Waals surface area contributed by atoms with E-state index in [0.29, 0.717) is 37.1 Å². The van der Waals surface area contributed by atoms with Crippen LogP contribution in [0.15, 0.2) is 36.8 Å². The van der Waals surface area contributed by atoms with Gasteiger partial charge in [-0.3, -0.25) is 19.2 Å². The molecule has 0 radical (unpaired) electrons. The summed E-state index contributed by atoms with van der Waals surface area (Å²) in [5.41, 5.74) is 12.5. The van der Waals surface area contributed by atoms with Crippen molar-refractivity contribution in [3.8, 4) is 5.75 Å². The van der Waals surface area contributed by atoms with Crippen molar-refractivity contribution in [1.29, 1.82) is 0 Å². The van der Waals surface area contributed by atoms with E-state index in [0.717, 1.165) is 0 Å². The maximum absolute atomic E-state index is 13.4. The number of benzene rings is 1. The van der Waals surface area contributed by atoms with Crippen LogP contribution in [-0.4, -0.2) is 85.7 Å². The molecule has 0 bridgehead atoms. The summed E-state index contributed by atoms with van der Waals surface area (Å²) >= 11 is 0. The number of hydrogen-bond donors (Lipinski definition) is 9. The molecule has 1 heterocycles. The number of aromatic amines is 1. The molecule has 0 spiro atoms. The SMILES string of the molecule is NCCCCC(N)C(=O)NC(Cc1ccc(O)cc1)C(=O)NC(CCC(=O)O)C(=O)NC(Cc1cnc[nH]1)C(=O)O. The Bertz CT molecular complexity index is 1160. The Morgan fingerprint density at radius 1 is 0.854 bits per heavy atom. The number of aromatic nitrogens is 2. The topological polar surface area (TPSA) is 263 Å². The van der Waals surface area contributed by atoms with Gasteiger partial charge in [0.25, 0.3) is 0 Å². The fourth-order valence-corrected chi connectivity index (χ4v) is 3.89. The van der Waals surface area contributed by atoms with Gasteiger partial charge in [0.15, 0.2) is 0 Å². The smallest absolute Gasteiger partial charge is 0.326 e. The lowest BCUT2D eigenvalue weighted by molar-refractivity contribution is -0.143. The van der Waals surface area contributed by atoms with Crippen LogP contribution in [0.3, 0.4) is 0 Å². The molecule has 15 heteroatoms. The Morgan fingerprint density at radius 2 is 1.49 bits per heavy atom. The number of nitrogens with one attached hydrogen (secondary N) is 4. The van der Waals surface area contributed by atoms with Crippen molar-refractivity contribution in [3.63, 3.8) is 0 Å². The van der Waals surface area contributed by atoms with Crippen molar-refractivity contribution in [2.75, 3.05) is 6.54 Å². The highest BCUT2D eigenvalue weighted by atomic mass is 16.4. The minimum absolute atomic E-state index is 0.00534. The first kappa shape index (κ1) is 32.7. The summed E-state index contributed by atoms with van der Waals surface area (Å²) in [6.07, 6.45) is 3.30. The molecule has 224 valence electrons. The number of carboxylic acid groups (broad SMARTS) is 2. The average molecular weight is 576 g/mol. The van der Waals surface area contributed by atoms with E-state index in [-0.39, 0.29) is 25.0 Å². The molecule has 0 aliphatic carbocycles. The molecule has 2 aromatic rings. The molecule has 2 rings (SSSR count). The van der Waals surface area contributed by atoms with Crippen LogP contribution in [0.4, 0.5) is 0 Å². The summed E-state index contributed by atoms with van der Waals surface area (Å²) in [6, 6.07) is 0.911. The zero-order valence-electron chi connectivity index (χ0n) is 22.4. The van der Waals surface area contributed by atoms with Gasteiger partial charge in [-0.2, -0.15) is 0 Å². The van der Waals surface area contributed by atoms with Crippen molar-refractivity contribution in [2.24, 2.45) is 11.5 Å². The molecular weight excluding hydrogens is 538 g/mol. The first-order chi connectivity index (χ1) is 19.5. The molecule has 0 saturated heterocycles. The van der Waals surface area contributed by atoms with Crippen molar-refractivity contribution in [1.82, 2.24) is 25.9 Å². The van der Waals surface area contributed by atoms with E-state index in [4.69, 9.17) is 16.6 Å². The second-order valence-corrected chi connectivity index (χ2v) is 9.50. The van der Waals surface area contributed by atoms with Crippen LogP contribution in [-0.2, 0) is 36.8 Å². The minimum atomic E-state index is -1.43. The number of carboxylic acids is 2. The van der Waals surface area contributed by atoms with Crippen molar-refractivity contribution in [3.05, 3.63) is 48.0 Å². The molecule has 0 aliphatic rings. The number of aliphatic carboxylic acids is 2. The number of carbonyl (C=O) groups excluding carboxylic acids is 3. The Labute approximate surface area is 236 Å². The minimum Gasteiger partial charge on any atom is -0.508 e. The number of phenolic OH excluding ortho intramolecular Hbond substituents is 1. The largest absolute Gasteiger partial charge is 0.508 e. The first-order valence-electron chi connectivity index (χ1n) is 13.1. The number of phenols is 1. The molecule has 4 atom stereocenters. The summed E-state index contributed by atoms with van der Waals surface area (Å²) in [4.78, 5) is 68.8. The van der Waals surface area contributed by atoms with E-state index >= 15 is 0 Å². The Hall–Kier alpha value is -4.50. The van der Waals surface area contributed by atoms with Gasteiger partial charge in [-0.05, 0) is 43.5 Å². The summed E-state index contributed by atoms with van der Waals surface area (Å²) in [5.74, 6) is -4.93. The molecular formula is C26H37N7O8. The summed E-state index contributed by atoms with van der Waals surface area (Å²) < 4.78 is 0. The van der Waals surface area contributed by atoms with Gasteiger partial charge in [-0.1, -0.05) is 18.6 Å². The fraction of sp³-hybridized carbons (Fsp3) is 0.462. The van der Waals surface area contributed by atoms with E-state index in [1.165, 1.54) is 24.7 Å². The highest BCUT2D eigenvalue weighted by Gasteiger charge is 2.31. The quantitative estimate of drug-likeness (QED) is 0.0949. The number of aromatic hydroxyl groups is 1. The number of carbonyl (C=O) groups is 5. The van der Waals surface area contributed by atoms with Gasteiger partial charge in [-0.25, -0.2) is 9.78 Å². The molecule has 0 saturated carbocycles. The van der Waals surface area contributed by atoms with Gasteiger partial charge in [0.2, 0.25) is 17.7 Å². The second-order valence-electron chi connectivity index (χ2n) is 9.50. The van der Waals surface area contributed by atoms with Gasteiger partial charge >= 0.3 is 11.9 Å². The number of nitrogens with two attached hydrogens (primary N) is 2. The number of H-pyrrole nitrogens is 1. The molecule has 0 fully saturated rings. The number of rotatable bonds is 18. The third-order valence-corrected chi connectivity index (χ3v) is 6.19. The Morgan fingerprint density at radius 3 is 2.07 bits per heavy atom.